The van der Waals surface area contributed by atoms with Gasteiger partial charge in [0, 0.05) is 0 Å². The summed E-state index contributed by atoms with van der Waals surface area (Å²) in [4.78, 5) is 0. The molecule has 0 aromatic carbocycles. The van der Waals surface area contributed by atoms with Crippen molar-refractivity contribution < 1.29 is 0 Å². The molecule has 2 fully saturated rings. The maximum absolute atomic E-state index is 4.57. The van der Waals surface area contributed by atoms with Gasteiger partial charge >= 0.3 is 0 Å². The lowest BCUT2D eigenvalue weighted by Crippen LogP contribution is -2.34. The van der Waals surface area contributed by atoms with Crippen molar-refractivity contribution in [2.75, 3.05) is 5.75 Å². The zero-order valence-electron chi connectivity index (χ0n) is 10.0. The van der Waals surface area contributed by atoms with Crippen LogP contribution in [0.25, 0.3) is 0 Å². The molecule has 1 heteroatoms. The van der Waals surface area contributed by atoms with Crippen molar-refractivity contribution >= 4 is 12.6 Å². The molecule has 0 amide bonds. The van der Waals surface area contributed by atoms with Crippen LogP contribution in [0.3, 0.4) is 0 Å². The van der Waals surface area contributed by atoms with E-state index < -0.39 is 0 Å². The van der Waals surface area contributed by atoms with E-state index in [1.54, 1.807) is 0 Å². The Balaban J connectivity index is 2.15. The molecule has 15 heavy (non-hydrogen) atoms. The summed E-state index contributed by atoms with van der Waals surface area (Å²) in [5.41, 5.74) is 0. The van der Waals surface area contributed by atoms with Gasteiger partial charge in [-0.2, -0.15) is 12.6 Å². The summed E-state index contributed by atoms with van der Waals surface area (Å²) < 4.78 is 0. The fraction of sp³-hybridized carbons (Fsp3) is 0.857. The molecule has 0 aromatic heterocycles. The largest absolute Gasteiger partial charge is 0.179 e. The average Bonchev–Trinajstić information content (AvgIpc) is 2.75. The molecule has 0 N–H and O–H groups in total. The lowest BCUT2D eigenvalue weighted by atomic mass is 9.67. The second-order valence-electron chi connectivity index (χ2n) is 5.53. The van der Waals surface area contributed by atoms with Crippen LogP contribution in [0.5, 0.6) is 0 Å². The molecule has 0 nitrogen and oxygen atoms in total. The van der Waals surface area contributed by atoms with E-state index in [1.807, 2.05) is 0 Å². The number of fused-ring (bicyclic) bond motifs is 2. The predicted molar refractivity (Wildman–Crippen MR) is 70.2 cm³/mol. The van der Waals surface area contributed by atoms with E-state index in [2.05, 4.69) is 39.1 Å². The third-order valence-corrected chi connectivity index (χ3v) is 5.64. The number of hydrogen-bond donors (Lipinski definition) is 1. The van der Waals surface area contributed by atoms with Crippen molar-refractivity contribution in [1.82, 2.24) is 0 Å². The minimum absolute atomic E-state index is 0.902. The zero-order valence-corrected chi connectivity index (χ0v) is 10.9. The van der Waals surface area contributed by atoms with Crippen LogP contribution in [0.4, 0.5) is 0 Å². The number of allylic oxidation sites excluding steroid dienone is 1. The Morgan fingerprint density at radius 1 is 1.27 bits per heavy atom. The molecule has 6 unspecified atom stereocenters. The number of hydrogen-bond acceptors (Lipinski definition) is 1. The summed E-state index contributed by atoms with van der Waals surface area (Å²) in [7, 11) is 0. The minimum Gasteiger partial charge on any atom is -0.179 e. The average molecular weight is 224 g/mol. The first-order valence-corrected chi connectivity index (χ1v) is 7.09. The molecule has 2 bridgehead atoms. The van der Waals surface area contributed by atoms with Crippen LogP contribution in [0.1, 0.15) is 33.1 Å². The SMILES string of the molecule is C=CCC1C(C)C2CC1C(CC)C2CS. The molecule has 0 radical (unpaired) electrons. The highest BCUT2D eigenvalue weighted by Gasteiger charge is 2.54. The summed E-state index contributed by atoms with van der Waals surface area (Å²) in [6.45, 7) is 8.74. The maximum Gasteiger partial charge on any atom is -0.00640 e. The number of rotatable bonds is 4. The molecule has 2 saturated carbocycles. The van der Waals surface area contributed by atoms with E-state index in [-0.39, 0.29) is 0 Å². The zero-order chi connectivity index (χ0) is 11.0. The van der Waals surface area contributed by atoms with Crippen molar-refractivity contribution in [3.8, 4) is 0 Å². The summed E-state index contributed by atoms with van der Waals surface area (Å²) in [6, 6.07) is 0. The van der Waals surface area contributed by atoms with E-state index in [4.69, 9.17) is 0 Å². The molecule has 0 heterocycles. The van der Waals surface area contributed by atoms with E-state index in [0.29, 0.717) is 0 Å². The first kappa shape index (κ1) is 11.6. The van der Waals surface area contributed by atoms with E-state index in [0.717, 1.165) is 41.3 Å². The van der Waals surface area contributed by atoms with E-state index in [1.165, 1.54) is 19.3 Å². The standard InChI is InChI=1S/C14H24S/c1-4-6-11-9(3)12-7-13(11)10(5-2)14(12)8-15/h4,9-15H,1,5-8H2,2-3H3. The van der Waals surface area contributed by atoms with Crippen molar-refractivity contribution in [3.05, 3.63) is 12.7 Å². The molecule has 2 rings (SSSR count). The van der Waals surface area contributed by atoms with Crippen LogP contribution in [-0.4, -0.2) is 5.75 Å². The summed E-state index contributed by atoms with van der Waals surface area (Å²) >= 11 is 4.57. The fourth-order valence-corrected chi connectivity index (χ4v) is 5.10. The predicted octanol–water partition coefficient (Wildman–Crippen LogP) is 4.04. The third kappa shape index (κ3) is 1.67. The first-order chi connectivity index (χ1) is 7.24. The van der Waals surface area contributed by atoms with Crippen molar-refractivity contribution in [3.63, 3.8) is 0 Å². The Labute approximate surface area is 99.9 Å². The molecule has 0 aliphatic heterocycles. The van der Waals surface area contributed by atoms with Gasteiger partial charge in [-0.3, -0.25) is 0 Å². The molecule has 0 spiro atoms. The van der Waals surface area contributed by atoms with Gasteiger partial charge in [-0.25, -0.2) is 0 Å². The highest BCUT2D eigenvalue weighted by atomic mass is 32.1. The second kappa shape index (κ2) is 4.53. The van der Waals surface area contributed by atoms with Crippen molar-refractivity contribution in [2.24, 2.45) is 35.5 Å². The quantitative estimate of drug-likeness (QED) is 0.541. The van der Waals surface area contributed by atoms with Gasteiger partial charge in [0.05, 0.1) is 0 Å². The molecular weight excluding hydrogens is 200 g/mol. The Morgan fingerprint density at radius 3 is 2.53 bits per heavy atom. The molecule has 0 saturated heterocycles. The summed E-state index contributed by atoms with van der Waals surface area (Å²) in [5.74, 6) is 6.73. The normalized spacial score (nSPS) is 48.5. The van der Waals surface area contributed by atoms with Gasteiger partial charge in [0.1, 0.15) is 0 Å². The highest BCUT2D eigenvalue weighted by molar-refractivity contribution is 7.80. The van der Waals surface area contributed by atoms with Crippen molar-refractivity contribution in [1.29, 1.82) is 0 Å². The molecule has 0 aromatic rings. The third-order valence-electron chi connectivity index (χ3n) is 5.22. The minimum atomic E-state index is 0.902. The van der Waals surface area contributed by atoms with E-state index in [9.17, 15) is 0 Å². The molecule has 2 aliphatic carbocycles. The van der Waals surface area contributed by atoms with Gasteiger partial charge in [-0.15, -0.1) is 6.58 Å². The molecule has 6 atom stereocenters. The Morgan fingerprint density at radius 2 is 2.00 bits per heavy atom. The maximum atomic E-state index is 4.57. The van der Waals surface area contributed by atoms with Gasteiger partial charge in [0.15, 0.2) is 0 Å². The Kier molecular flexibility index (Phi) is 3.49. The first-order valence-electron chi connectivity index (χ1n) is 6.46. The van der Waals surface area contributed by atoms with Gasteiger partial charge < -0.3 is 0 Å². The monoisotopic (exact) mass is 224 g/mol. The topological polar surface area (TPSA) is 0 Å². The molecule has 2 aliphatic rings. The van der Waals surface area contributed by atoms with Gasteiger partial charge in [0.2, 0.25) is 0 Å². The van der Waals surface area contributed by atoms with Gasteiger partial charge in [-0.1, -0.05) is 26.3 Å². The van der Waals surface area contributed by atoms with Crippen LogP contribution >= 0.6 is 12.6 Å². The molecular formula is C14H24S. The lowest BCUT2D eigenvalue weighted by molar-refractivity contribution is 0.118. The lowest BCUT2D eigenvalue weighted by Gasteiger charge is -2.38. The summed E-state index contributed by atoms with van der Waals surface area (Å²) in [6.07, 6.45) is 6.19. The highest BCUT2D eigenvalue weighted by Crippen LogP contribution is 2.60. The van der Waals surface area contributed by atoms with Crippen LogP contribution in [0.2, 0.25) is 0 Å². The smallest absolute Gasteiger partial charge is 0.00640 e. The van der Waals surface area contributed by atoms with E-state index >= 15 is 0 Å². The fourth-order valence-electron chi connectivity index (χ4n) is 4.56. The van der Waals surface area contributed by atoms with Crippen LogP contribution in [0, 0.1) is 35.5 Å². The van der Waals surface area contributed by atoms with Crippen LogP contribution in [-0.2, 0) is 0 Å². The Hall–Kier alpha value is 0.0900. The van der Waals surface area contributed by atoms with Crippen LogP contribution in [0.15, 0.2) is 12.7 Å². The van der Waals surface area contributed by atoms with Crippen molar-refractivity contribution in [2.45, 2.75) is 33.1 Å². The number of thiol groups is 1. The Bertz CT molecular complexity index is 233. The van der Waals surface area contributed by atoms with Gasteiger partial charge in [0.25, 0.3) is 0 Å². The van der Waals surface area contributed by atoms with Crippen LogP contribution < -0.4 is 0 Å². The van der Waals surface area contributed by atoms with Gasteiger partial charge in [-0.05, 0) is 54.1 Å². The molecule has 86 valence electrons. The summed E-state index contributed by atoms with van der Waals surface area (Å²) in [5, 5.41) is 0. The second-order valence-corrected chi connectivity index (χ2v) is 5.89.